The van der Waals surface area contributed by atoms with Gasteiger partial charge in [-0.3, -0.25) is 0 Å². The van der Waals surface area contributed by atoms with Gasteiger partial charge < -0.3 is 4.42 Å². The van der Waals surface area contributed by atoms with E-state index in [0.717, 1.165) is 44.0 Å². The van der Waals surface area contributed by atoms with Gasteiger partial charge in [-0.15, -0.1) is 11.3 Å². The molecule has 4 nitrogen and oxygen atoms in total. The normalized spacial score (nSPS) is 15.3. The SMILES string of the molecule is CC1(c2cccc3c2sc2c(-c4ccccc4)cccc23)CC(c2nc(-c3ccc4ccccc4c3)nc(-c3ccc4c(c3)oc3ccccc34)n2)=Cc2ccccc21. The lowest BCUT2D eigenvalue weighted by Crippen LogP contribution is -2.28. The standard InChI is InChI=1S/C54H35N3OS/c1-54(46-23-12-21-44-43-20-11-19-40(49(43)59-50(44)46)34-14-3-2-4-15-34)32-39(30-36-17-7-9-22-45(36)54)53-56-51(37-26-25-33-13-5-6-16-35(33)29-37)55-52(57-53)38-27-28-42-41-18-8-10-24-47(41)58-48(42)31-38/h2-31H,32H2,1H3. The van der Waals surface area contributed by atoms with Crippen molar-refractivity contribution in [2.45, 2.75) is 18.8 Å². The highest BCUT2D eigenvalue weighted by molar-refractivity contribution is 7.26. The summed E-state index contributed by atoms with van der Waals surface area (Å²) in [6, 6.07) is 62.5. The predicted octanol–water partition coefficient (Wildman–Crippen LogP) is 14.5. The van der Waals surface area contributed by atoms with Gasteiger partial charge in [-0.2, -0.15) is 0 Å². The summed E-state index contributed by atoms with van der Waals surface area (Å²) in [7, 11) is 0. The quantitative estimate of drug-likeness (QED) is 0.175. The van der Waals surface area contributed by atoms with E-state index >= 15 is 0 Å². The number of benzene rings is 8. The molecule has 1 aliphatic rings. The zero-order valence-electron chi connectivity index (χ0n) is 32.2. The largest absolute Gasteiger partial charge is 0.456 e. The van der Waals surface area contributed by atoms with Gasteiger partial charge in [0, 0.05) is 47.5 Å². The first kappa shape index (κ1) is 33.9. The summed E-state index contributed by atoms with van der Waals surface area (Å²) in [5.41, 5.74) is 10.5. The van der Waals surface area contributed by atoms with Crippen molar-refractivity contribution in [3.05, 3.63) is 198 Å². The lowest BCUT2D eigenvalue weighted by Gasteiger charge is -2.36. The maximum atomic E-state index is 6.35. The lowest BCUT2D eigenvalue weighted by molar-refractivity contribution is 0.587. The fraction of sp³-hybridized carbons (Fsp3) is 0.0556. The summed E-state index contributed by atoms with van der Waals surface area (Å²) in [6.45, 7) is 2.40. The minimum atomic E-state index is -0.378. The van der Waals surface area contributed by atoms with Gasteiger partial charge in [-0.1, -0.05) is 159 Å². The van der Waals surface area contributed by atoms with Gasteiger partial charge in [-0.25, -0.2) is 15.0 Å². The fourth-order valence-corrected chi connectivity index (χ4v) is 10.8. The summed E-state index contributed by atoms with van der Waals surface area (Å²) in [5, 5.41) is 7.06. The molecule has 278 valence electrons. The summed E-state index contributed by atoms with van der Waals surface area (Å²) < 4.78 is 8.98. The van der Waals surface area contributed by atoms with Crippen LogP contribution >= 0.6 is 11.3 Å². The van der Waals surface area contributed by atoms with Crippen LogP contribution < -0.4 is 0 Å². The fourth-order valence-electron chi connectivity index (χ4n) is 9.30. The smallest absolute Gasteiger partial charge is 0.164 e. The molecule has 11 aromatic rings. The second kappa shape index (κ2) is 13.2. The van der Waals surface area contributed by atoms with E-state index in [-0.39, 0.29) is 5.41 Å². The molecule has 5 heteroatoms. The van der Waals surface area contributed by atoms with E-state index in [0.29, 0.717) is 23.9 Å². The molecule has 0 saturated heterocycles. The molecule has 0 saturated carbocycles. The van der Waals surface area contributed by atoms with E-state index in [1.165, 1.54) is 53.4 Å². The average molecular weight is 774 g/mol. The van der Waals surface area contributed by atoms with Crippen LogP contribution in [0, 0.1) is 0 Å². The maximum Gasteiger partial charge on any atom is 0.164 e. The zero-order valence-corrected chi connectivity index (χ0v) is 33.0. The summed E-state index contributed by atoms with van der Waals surface area (Å²) in [4.78, 5) is 15.8. The van der Waals surface area contributed by atoms with Crippen molar-refractivity contribution in [1.29, 1.82) is 0 Å². The Morgan fingerprint density at radius 2 is 1.12 bits per heavy atom. The molecule has 8 aromatic carbocycles. The van der Waals surface area contributed by atoms with Crippen LogP contribution in [0.15, 0.2) is 180 Å². The molecule has 3 aromatic heterocycles. The number of allylic oxidation sites excluding steroid dienone is 1. The second-order valence-electron chi connectivity index (χ2n) is 15.8. The number of nitrogens with zero attached hydrogens (tertiary/aromatic N) is 3. The Bertz CT molecular complexity index is 3510. The number of aromatic nitrogens is 3. The molecule has 1 unspecified atom stereocenters. The second-order valence-corrected chi connectivity index (χ2v) is 16.8. The zero-order chi connectivity index (χ0) is 39.1. The molecular weight excluding hydrogens is 739 g/mol. The lowest BCUT2D eigenvalue weighted by atomic mass is 9.67. The van der Waals surface area contributed by atoms with Crippen molar-refractivity contribution in [1.82, 2.24) is 15.0 Å². The van der Waals surface area contributed by atoms with Crippen molar-refractivity contribution in [3.63, 3.8) is 0 Å². The molecule has 0 bridgehead atoms. The van der Waals surface area contributed by atoms with Gasteiger partial charge in [0.05, 0.1) is 0 Å². The molecule has 0 amide bonds. The minimum absolute atomic E-state index is 0.378. The van der Waals surface area contributed by atoms with Gasteiger partial charge in [0.25, 0.3) is 0 Å². The number of para-hydroxylation sites is 1. The molecule has 59 heavy (non-hydrogen) atoms. The molecule has 0 radical (unpaired) electrons. The number of fused-ring (bicyclic) bond motifs is 8. The Morgan fingerprint density at radius 3 is 2.00 bits per heavy atom. The van der Waals surface area contributed by atoms with E-state index in [1.54, 1.807) is 0 Å². The third kappa shape index (κ3) is 5.46. The summed E-state index contributed by atoms with van der Waals surface area (Å²) >= 11 is 1.91. The summed E-state index contributed by atoms with van der Waals surface area (Å²) in [5.74, 6) is 1.93. The van der Waals surface area contributed by atoms with E-state index in [4.69, 9.17) is 19.4 Å². The summed E-state index contributed by atoms with van der Waals surface area (Å²) in [6.07, 6.45) is 3.01. The van der Waals surface area contributed by atoms with Crippen LogP contribution in [0.1, 0.15) is 35.9 Å². The van der Waals surface area contributed by atoms with Gasteiger partial charge in [-0.05, 0) is 80.9 Å². The van der Waals surface area contributed by atoms with Crippen LogP contribution in [0.4, 0.5) is 0 Å². The number of thiophene rings is 1. The third-order valence-corrected chi connectivity index (χ3v) is 13.5. The van der Waals surface area contributed by atoms with Gasteiger partial charge in [0.2, 0.25) is 0 Å². The molecule has 0 aliphatic heterocycles. The van der Waals surface area contributed by atoms with Crippen molar-refractivity contribution in [3.8, 4) is 33.9 Å². The highest BCUT2D eigenvalue weighted by Crippen LogP contribution is 2.51. The molecule has 0 spiro atoms. The Morgan fingerprint density at radius 1 is 0.475 bits per heavy atom. The molecule has 3 heterocycles. The Balaban J connectivity index is 1.05. The van der Waals surface area contributed by atoms with Crippen LogP contribution in [0.25, 0.3) is 98.4 Å². The number of hydrogen-bond donors (Lipinski definition) is 0. The van der Waals surface area contributed by atoms with E-state index in [9.17, 15) is 0 Å². The maximum absolute atomic E-state index is 6.35. The average Bonchev–Trinajstić information content (AvgIpc) is 3.87. The van der Waals surface area contributed by atoms with E-state index in [1.807, 2.05) is 29.5 Å². The van der Waals surface area contributed by atoms with Crippen molar-refractivity contribution in [2.75, 3.05) is 0 Å². The van der Waals surface area contributed by atoms with Crippen LogP contribution in [-0.4, -0.2) is 15.0 Å². The minimum Gasteiger partial charge on any atom is -0.456 e. The highest BCUT2D eigenvalue weighted by Gasteiger charge is 2.38. The van der Waals surface area contributed by atoms with Crippen molar-refractivity contribution >= 4 is 75.9 Å². The molecule has 12 rings (SSSR count). The monoisotopic (exact) mass is 773 g/mol. The topological polar surface area (TPSA) is 51.8 Å². The highest BCUT2D eigenvalue weighted by atomic mass is 32.1. The number of hydrogen-bond acceptors (Lipinski definition) is 5. The first-order valence-corrected chi connectivity index (χ1v) is 20.9. The van der Waals surface area contributed by atoms with Crippen LogP contribution in [0.2, 0.25) is 0 Å². The van der Waals surface area contributed by atoms with Crippen LogP contribution in [0.3, 0.4) is 0 Å². The molecule has 1 aliphatic carbocycles. The van der Waals surface area contributed by atoms with Crippen LogP contribution in [0.5, 0.6) is 0 Å². The predicted molar refractivity (Wildman–Crippen MR) is 246 cm³/mol. The van der Waals surface area contributed by atoms with Crippen molar-refractivity contribution in [2.24, 2.45) is 0 Å². The Hall–Kier alpha value is -7.21. The first-order valence-electron chi connectivity index (χ1n) is 20.0. The number of furan rings is 1. The number of rotatable bonds is 5. The molecular formula is C54H35N3OS. The Kier molecular flexibility index (Phi) is 7.56. The van der Waals surface area contributed by atoms with Gasteiger partial charge in [0.15, 0.2) is 17.5 Å². The molecule has 0 N–H and O–H groups in total. The van der Waals surface area contributed by atoms with Gasteiger partial charge >= 0.3 is 0 Å². The third-order valence-electron chi connectivity index (χ3n) is 12.2. The van der Waals surface area contributed by atoms with Crippen LogP contribution in [-0.2, 0) is 5.41 Å². The van der Waals surface area contributed by atoms with Gasteiger partial charge in [0.1, 0.15) is 11.2 Å². The van der Waals surface area contributed by atoms with E-state index < -0.39 is 0 Å². The first-order chi connectivity index (χ1) is 29.1. The van der Waals surface area contributed by atoms with E-state index in [2.05, 4.69) is 171 Å². The molecule has 0 fully saturated rings. The Labute approximate surface area is 344 Å². The van der Waals surface area contributed by atoms with Crippen molar-refractivity contribution < 1.29 is 4.42 Å². The molecule has 1 atom stereocenters.